The maximum absolute atomic E-state index is 12.3. The smallest absolute Gasteiger partial charge is 0.309 e. The average molecular weight is 446 g/mol. The summed E-state index contributed by atoms with van der Waals surface area (Å²) in [5.74, 6) is -0.292. The molecule has 1 aliphatic rings. The molecule has 0 bridgehead atoms. The minimum absolute atomic E-state index is 0.0429. The molecule has 0 spiro atoms. The Balaban J connectivity index is 1.81. The predicted octanol–water partition coefficient (Wildman–Crippen LogP) is 2.93. The Morgan fingerprint density at radius 3 is 2.75 bits per heavy atom. The van der Waals surface area contributed by atoms with Crippen LogP contribution in [0.5, 0.6) is 5.75 Å². The van der Waals surface area contributed by atoms with Crippen molar-refractivity contribution in [2.45, 2.75) is 71.9 Å². The van der Waals surface area contributed by atoms with Crippen LogP contribution in [-0.2, 0) is 39.3 Å². The van der Waals surface area contributed by atoms with Crippen molar-refractivity contribution in [3.05, 3.63) is 29.7 Å². The minimum Gasteiger partial charge on any atom is -0.488 e. The highest BCUT2D eigenvalue weighted by Gasteiger charge is 2.30. The van der Waals surface area contributed by atoms with Crippen molar-refractivity contribution in [3.8, 4) is 17.0 Å². The number of carbonyl (C=O) groups is 2. The molecular weight excluding hydrogens is 414 g/mol. The first kappa shape index (κ1) is 23.7. The molecule has 1 N–H and O–H groups in total. The Hall–Kier alpha value is -2.94. The van der Waals surface area contributed by atoms with Crippen LogP contribution in [0.1, 0.15) is 57.8 Å². The van der Waals surface area contributed by atoms with E-state index in [1.165, 1.54) is 6.92 Å². The maximum Gasteiger partial charge on any atom is 0.309 e. The van der Waals surface area contributed by atoms with Gasteiger partial charge in [-0.05, 0) is 51.7 Å². The molecule has 2 atom stereocenters. The van der Waals surface area contributed by atoms with Gasteiger partial charge in [-0.3, -0.25) is 14.3 Å². The summed E-state index contributed by atoms with van der Waals surface area (Å²) < 4.78 is 18.4. The Labute approximate surface area is 187 Å². The lowest BCUT2D eigenvalue weighted by Crippen LogP contribution is -2.32. The van der Waals surface area contributed by atoms with E-state index in [2.05, 4.69) is 10.1 Å². The van der Waals surface area contributed by atoms with Crippen molar-refractivity contribution in [1.82, 2.24) is 14.8 Å². The van der Waals surface area contributed by atoms with Gasteiger partial charge < -0.3 is 19.3 Å². The third-order valence-corrected chi connectivity index (χ3v) is 5.44. The molecule has 0 aliphatic heterocycles. The second-order valence-electron chi connectivity index (χ2n) is 8.30. The number of carbonyl (C=O) groups excluding carboxylic acids is 2. The van der Waals surface area contributed by atoms with E-state index in [4.69, 9.17) is 14.2 Å². The zero-order valence-electron chi connectivity index (χ0n) is 19.0. The summed E-state index contributed by atoms with van der Waals surface area (Å²) in [6, 6.07) is 3.57. The zero-order chi connectivity index (χ0) is 23.3. The quantitative estimate of drug-likeness (QED) is 0.617. The van der Waals surface area contributed by atoms with E-state index >= 15 is 0 Å². The SMILES string of the molecule is CC(=O)OCc1nc(-c2cnn(C)c2CO)ccc1O[C@H]1CCC[C@H](C(=O)OC(C)C)C1. The molecule has 9 nitrogen and oxygen atoms in total. The van der Waals surface area contributed by atoms with Crippen molar-refractivity contribution in [1.29, 1.82) is 0 Å². The number of aryl methyl sites for hydroxylation is 1. The molecule has 2 heterocycles. The summed E-state index contributed by atoms with van der Waals surface area (Å²) in [7, 11) is 1.75. The van der Waals surface area contributed by atoms with Gasteiger partial charge in [0, 0.05) is 19.5 Å². The third kappa shape index (κ3) is 5.85. The Morgan fingerprint density at radius 1 is 1.28 bits per heavy atom. The molecule has 0 aromatic carbocycles. The molecule has 0 saturated heterocycles. The summed E-state index contributed by atoms with van der Waals surface area (Å²) in [4.78, 5) is 28.4. The first-order valence-electron chi connectivity index (χ1n) is 10.9. The van der Waals surface area contributed by atoms with Gasteiger partial charge in [0.1, 0.15) is 18.1 Å². The van der Waals surface area contributed by atoms with Crippen LogP contribution in [0, 0.1) is 5.92 Å². The molecule has 2 aromatic rings. The Morgan fingerprint density at radius 2 is 2.06 bits per heavy atom. The van der Waals surface area contributed by atoms with Crippen molar-refractivity contribution < 1.29 is 28.9 Å². The van der Waals surface area contributed by atoms with Crippen LogP contribution in [0.2, 0.25) is 0 Å². The molecule has 1 saturated carbocycles. The number of pyridine rings is 1. The first-order chi connectivity index (χ1) is 15.3. The molecule has 174 valence electrons. The molecule has 1 aliphatic carbocycles. The van der Waals surface area contributed by atoms with E-state index < -0.39 is 5.97 Å². The second kappa shape index (κ2) is 10.6. The fraction of sp³-hybridized carbons (Fsp3) is 0.565. The van der Waals surface area contributed by atoms with Crippen LogP contribution >= 0.6 is 0 Å². The highest BCUT2D eigenvalue weighted by atomic mass is 16.5. The standard InChI is InChI=1S/C23H31N3O6/c1-14(2)31-23(29)16-6-5-7-17(10-16)32-22-9-8-19(25-20(22)13-30-15(3)28)18-11-24-26(4)21(18)12-27/h8-9,11,14,16-17,27H,5-7,10,12-13H2,1-4H3/t16-,17-/m0/s1. The van der Waals surface area contributed by atoms with Crippen molar-refractivity contribution in [2.24, 2.45) is 13.0 Å². The van der Waals surface area contributed by atoms with Crippen molar-refractivity contribution in [3.63, 3.8) is 0 Å². The van der Waals surface area contributed by atoms with Gasteiger partial charge in [-0.15, -0.1) is 0 Å². The van der Waals surface area contributed by atoms with Gasteiger partial charge >= 0.3 is 11.9 Å². The molecular formula is C23H31N3O6. The summed E-state index contributed by atoms with van der Waals surface area (Å²) in [6.07, 6.45) is 4.36. The molecule has 2 aromatic heterocycles. The van der Waals surface area contributed by atoms with Gasteiger partial charge in [0.05, 0.1) is 42.3 Å². The van der Waals surface area contributed by atoms with E-state index in [-0.39, 0.29) is 37.3 Å². The largest absolute Gasteiger partial charge is 0.488 e. The summed E-state index contributed by atoms with van der Waals surface area (Å²) >= 11 is 0. The lowest BCUT2D eigenvalue weighted by molar-refractivity contribution is -0.154. The predicted molar refractivity (Wildman–Crippen MR) is 115 cm³/mol. The lowest BCUT2D eigenvalue weighted by Gasteiger charge is -2.29. The molecule has 0 radical (unpaired) electrons. The highest BCUT2D eigenvalue weighted by molar-refractivity contribution is 5.72. The third-order valence-electron chi connectivity index (χ3n) is 5.44. The van der Waals surface area contributed by atoms with Gasteiger partial charge in [-0.25, -0.2) is 4.98 Å². The van der Waals surface area contributed by atoms with Gasteiger partial charge in [-0.1, -0.05) is 0 Å². The lowest BCUT2D eigenvalue weighted by atomic mass is 9.87. The van der Waals surface area contributed by atoms with Gasteiger partial charge in [0.15, 0.2) is 0 Å². The second-order valence-corrected chi connectivity index (χ2v) is 8.30. The summed E-state index contributed by atoms with van der Waals surface area (Å²) in [5.41, 5.74) is 2.39. The fourth-order valence-electron chi connectivity index (χ4n) is 3.86. The molecule has 0 amide bonds. The molecule has 3 rings (SSSR count). The summed E-state index contributed by atoms with van der Waals surface area (Å²) in [6.45, 7) is 4.79. The molecule has 32 heavy (non-hydrogen) atoms. The van der Waals surface area contributed by atoms with Crippen LogP contribution in [-0.4, -0.2) is 44.0 Å². The monoisotopic (exact) mass is 445 g/mol. The van der Waals surface area contributed by atoms with Crippen LogP contribution in [0.25, 0.3) is 11.3 Å². The highest BCUT2D eigenvalue weighted by Crippen LogP contribution is 2.32. The van der Waals surface area contributed by atoms with Crippen molar-refractivity contribution >= 4 is 11.9 Å². The van der Waals surface area contributed by atoms with E-state index in [1.54, 1.807) is 30.1 Å². The van der Waals surface area contributed by atoms with E-state index in [0.717, 1.165) is 19.3 Å². The number of hydrogen-bond donors (Lipinski definition) is 1. The minimum atomic E-state index is -0.422. The fourth-order valence-corrected chi connectivity index (χ4v) is 3.86. The number of esters is 2. The van der Waals surface area contributed by atoms with Crippen LogP contribution in [0.3, 0.4) is 0 Å². The van der Waals surface area contributed by atoms with Crippen molar-refractivity contribution in [2.75, 3.05) is 0 Å². The topological polar surface area (TPSA) is 113 Å². The van der Waals surface area contributed by atoms with Crippen LogP contribution in [0.4, 0.5) is 0 Å². The number of ether oxygens (including phenoxy) is 3. The first-order valence-corrected chi connectivity index (χ1v) is 10.9. The van der Waals surface area contributed by atoms with Crippen LogP contribution < -0.4 is 4.74 Å². The summed E-state index contributed by atoms with van der Waals surface area (Å²) in [5, 5.41) is 13.9. The number of hydrogen-bond acceptors (Lipinski definition) is 8. The van der Waals surface area contributed by atoms with E-state index in [0.29, 0.717) is 34.8 Å². The van der Waals surface area contributed by atoms with E-state index in [1.807, 2.05) is 13.8 Å². The molecule has 9 heteroatoms. The van der Waals surface area contributed by atoms with E-state index in [9.17, 15) is 14.7 Å². The zero-order valence-corrected chi connectivity index (χ0v) is 19.0. The normalized spacial score (nSPS) is 18.4. The number of aromatic nitrogens is 3. The van der Waals surface area contributed by atoms with Gasteiger partial charge in [0.2, 0.25) is 0 Å². The number of nitrogens with zero attached hydrogens (tertiary/aromatic N) is 3. The average Bonchev–Trinajstić information content (AvgIpc) is 3.13. The number of aliphatic hydroxyl groups excluding tert-OH is 1. The maximum atomic E-state index is 12.3. The Kier molecular flexibility index (Phi) is 7.84. The van der Waals surface area contributed by atoms with Gasteiger partial charge in [0.25, 0.3) is 0 Å². The number of aliphatic hydroxyl groups is 1. The van der Waals surface area contributed by atoms with Gasteiger partial charge in [-0.2, -0.15) is 5.10 Å². The van der Waals surface area contributed by atoms with Crippen LogP contribution in [0.15, 0.2) is 18.3 Å². The number of rotatable bonds is 8. The molecule has 1 fully saturated rings. The molecule has 0 unspecified atom stereocenters. The Bertz CT molecular complexity index is 955.